The first-order valence-corrected chi connectivity index (χ1v) is 7.63. The molecular formula is C15H13BrCl2O2. The number of benzene rings is 2. The molecule has 5 heteroatoms. The van der Waals surface area contributed by atoms with Gasteiger partial charge in [0.15, 0.2) is 0 Å². The molecule has 0 fully saturated rings. The Labute approximate surface area is 136 Å². The summed E-state index contributed by atoms with van der Waals surface area (Å²) in [6.45, 7) is 2.50. The summed E-state index contributed by atoms with van der Waals surface area (Å²) in [7, 11) is 0. The van der Waals surface area contributed by atoms with E-state index in [2.05, 4.69) is 15.9 Å². The number of hydrogen-bond acceptors (Lipinski definition) is 2. The molecule has 0 radical (unpaired) electrons. The van der Waals surface area contributed by atoms with Crippen LogP contribution in [0.1, 0.15) is 24.2 Å². The van der Waals surface area contributed by atoms with E-state index in [-0.39, 0.29) is 0 Å². The van der Waals surface area contributed by atoms with E-state index in [4.69, 9.17) is 27.9 Å². The van der Waals surface area contributed by atoms with Crippen molar-refractivity contribution in [3.05, 3.63) is 62.0 Å². The summed E-state index contributed by atoms with van der Waals surface area (Å²) >= 11 is 15.7. The molecule has 0 aliphatic rings. The molecule has 0 amide bonds. The van der Waals surface area contributed by atoms with Gasteiger partial charge < -0.3 is 9.84 Å². The minimum absolute atomic E-state index is 0.436. The Morgan fingerprint density at radius 2 is 1.85 bits per heavy atom. The highest BCUT2D eigenvalue weighted by atomic mass is 79.9. The van der Waals surface area contributed by atoms with Crippen LogP contribution in [0.2, 0.25) is 10.0 Å². The number of aliphatic hydroxyl groups excluding tert-OH is 1. The zero-order valence-electron chi connectivity index (χ0n) is 10.7. The van der Waals surface area contributed by atoms with Gasteiger partial charge in [-0.3, -0.25) is 0 Å². The Morgan fingerprint density at radius 1 is 1.20 bits per heavy atom. The molecular weight excluding hydrogens is 363 g/mol. The van der Waals surface area contributed by atoms with Gasteiger partial charge in [0, 0.05) is 20.1 Å². The molecule has 2 rings (SSSR count). The summed E-state index contributed by atoms with van der Waals surface area (Å²) in [6.07, 6.45) is -0.902. The molecule has 0 aliphatic heterocycles. The van der Waals surface area contributed by atoms with E-state index in [1.54, 1.807) is 30.3 Å². The zero-order chi connectivity index (χ0) is 14.7. The van der Waals surface area contributed by atoms with Crippen molar-refractivity contribution >= 4 is 39.1 Å². The van der Waals surface area contributed by atoms with Gasteiger partial charge in [0.2, 0.25) is 0 Å². The average Bonchev–Trinajstić information content (AvgIpc) is 2.38. The van der Waals surface area contributed by atoms with Crippen LogP contribution in [-0.4, -0.2) is 11.7 Å². The Morgan fingerprint density at radius 3 is 2.40 bits per heavy atom. The van der Waals surface area contributed by atoms with Gasteiger partial charge in [-0.15, -0.1) is 0 Å². The van der Waals surface area contributed by atoms with Crippen LogP contribution in [-0.2, 0) is 0 Å². The monoisotopic (exact) mass is 374 g/mol. The van der Waals surface area contributed by atoms with Crippen LogP contribution in [0.5, 0.6) is 5.75 Å². The minimum atomic E-state index is -0.902. The van der Waals surface area contributed by atoms with Crippen LogP contribution in [0.25, 0.3) is 0 Å². The summed E-state index contributed by atoms with van der Waals surface area (Å²) in [6, 6.07) is 10.6. The number of rotatable bonds is 4. The highest BCUT2D eigenvalue weighted by molar-refractivity contribution is 9.10. The van der Waals surface area contributed by atoms with Gasteiger partial charge in [-0.1, -0.05) is 51.3 Å². The van der Waals surface area contributed by atoms with Crippen LogP contribution in [0, 0.1) is 0 Å². The molecule has 0 spiro atoms. The first kappa shape index (κ1) is 15.6. The number of hydrogen-bond donors (Lipinski definition) is 1. The Bertz CT molecular complexity index is 597. The van der Waals surface area contributed by atoms with Gasteiger partial charge in [-0.05, 0) is 36.8 Å². The second-order valence-corrected chi connectivity index (χ2v) is 5.82. The van der Waals surface area contributed by atoms with Gasteiger partial charge in [0.1, 0.15) is 11.9 Å². The van der Waals surface area contributed by atoms with E-state index >= 15 is 0 Å². The van der Waals surface area contributed by atoms with Crippen molar-refractivity contribution < 1.29 is 9.84 Å². The fourth-order valence-corrected chi connectivity index (χ4v) is 3.09. The van der Waals surface area contributed by atoms with Crippen LogP contribution < -0.4 is 4.74 Å². The molecule has 0 heterocycles. The maximum Gasteiger partial charge on any atom is 0.120 e. The van der Waals surface area contributed by atoms with Gasteiger partial charge >= 0.3 is 0 Å². The van der Waals surface area contributed by atoms with Crippen LogP contribution in [0.3, 0.4) is 0 Å². The van der Waals surface area contributed by atoms with Gasteiger partial charge in [-0.2, -0.15) is 0 Å². The number of aliphatic hydroxyl groups is 1. The topological polar surface area (TPSA) is 29.5 Å². The second kappa shape index (κ2) is 6.81. The van der Waals surface area contributed by atoms with Crippen LogP contribution in [0.15, 0.2) is 40.9 Å². The van der Waals surface area contributed by atoms with Gasteiger partial charge in [0.25, 0.3) is 0 Å². The fourth-order valence-electron chi connectivity index (χ4n) is 1.91. The molecule has 1 unspecified atom stereocenters. The van der Waals surface area contributed by atoms with Crippen LogP contribution >= 0.6 is 39.1 Å². The molecule has 2 aromatic carbocycles. The SMILES string of the molecule is CCOc1ccc(C(O)c2c(Cl)cccc2Cl)c(Br)c1. The summed E-state index contributed by atoms with van der Waals surface area (Å²) in [5.74, 6) is 0.737. The smallest absolute Gasteiger partial charge is 0.120 e. The van der Waals surface area contributed by atoms with Crippen molar-refractivity contribution in [1.82, 2.24) is 0 Å². The van der Waals surface area contributed by atoms with E-state index in [1.165, 1.54) is 0 Å². The molecule has 20 heavy (non-hydrogen) atoms. The molecule has 0 aromatic heterocycles. The number of ether oxygens (including phenoxy) is 1. The molecule has 2 aromatic rings. The maximum absolute atomic E-state index is 10.5. The Balaban J connectivity index is 2.41. The molecule has 0 aliphatic carbocycles. The van der Waals surface area contributed by atoms with Crippen molar-refractivity contribution in [1.29, 1.82) is 0 Å². The van der Waals surface area contributed by atoms with Crippen LogP contribution in [0.4, 0.5) is 0 Å². The molecule has 1 atom stereocenters. The normalized spacial score (nSPS) is 12.2. The van der Waals surface area contributed by atoms with E-state index in [1.807, 2.05) is 13.0 Å². The summed E-state index contributed by atoms with van der Waals surface area (Å²) in [5, 5.41) is 11.4. The second-order valence-electron chi connectivity index (χ2n) is 4.15. The Kier molecular flexibility index (Phi) is 5.33. The van der Waals surface area contributed by atoms with Crippen molar-refractivity contribution in [2.45, 2.75) is 13.0 Å². The van der Waals surface area contributed by atoms with Crippen molar-refractivity contribution in [3.63, 3.8) is 0 Å². The third-order valence-electron chi connectivity index (χ3n) is 2.85. The molecule has 0 bridgehead atoms. The third-order valence-corrected chi connectivity index (χ3v) is 4.20. The highest BCUT2D eigenvalue weighted by Crippen LogP contribution is 2.37. The zero-order valence-corrected chi connectivity index (χ0v) is 13.8. The molecule has 0 saturated carbocycles. The van der Waals surface area contributed by atoms with Crippen molar-refractivity contribution in [2.24, 2.45) is 0 Å². The third kappa shape index (κ3) is 3.29. The standard InChI is InChI=1S/C15H13BrCl2O2/c1-2-20-9-6-7-10(11(16)8-9)15(19)14-12(17)4-3-5-13(14)18/h3-8,15,19H,2H2,1H3. The largest absolute Gasteiger partial charge is 0.494 e. The first-order valence-electron chi connectivity index (χ1n) is 6.08. The van der Waals surface area contributed by atoms with Gasteiger partial charge in [0.05, 0.1) is 6.61 Å². The lowest BCUT2D eigenvalue weighted by molar-refractivity contribution is 0.219. The predicted molar refractivity (Wildman–Crippen MR) is 85.8 cm³/mol. The molecule has 2 nitrogen and oxygen atoms in total. The molecule has 0 saturated heterocycles. The molecule has 1 N–H and O–H groups in total. The quantitative estimate of drug-likeness (QED) is 0.792. The predicted octanol–water partition coefficient (Wildman–Crippen LogP) is 5.24. The summed E-state index contributed by atoms with van der Waals surface area (Å²) in [5.41, 5.74) is 1.18. The number of halogens is 3. The first-order chi connectivity index (χ1) is 9.54. The van der Waals surface area contributed by atoms with Crippen molar-refractivity contribution in [2.75, 3.05) is 6.61 Å². The summed E-state index contributed by atoms with van der Waals surface area (Å²) in [4.78, 5) is 0. The van der Waals surface area contributed by atoms with E-state index < -0.39 is 6.10 Å². The lowest BCUT2D eigenvalue weighted by Gasteiger charge is -2.17. The fraction of sp³-hybridized carbons (Fsp3) is 0.200. The average molecular weight is 376 g/mol. The lowest BCUT2D eigenvalue weighted by atomic mass is 10.0. The highest BCUT2D eigenvalue weighted by Gasteiger charge is 2.19. The van der Waals surface area contributed by atoms with E-state index in [9.17, 15) is 5.11 Å². The van der Waals surface area contributed by atoms with Crippen molar-refractivity contribution in [3.8, 4) is 5.75 Å². The van der Waals surface area contributed by atoms with E-state index in [0.29, 0.717) is 27.8 Å². The van der Waals surface area contributed by atoms with E-state index in [0.717, 1.165) is 10.2 Å². The van der Waals surface area contributed by atoms with Gasteiger partial charge in [-0.25, -0.2) is 0 Å². The lowest BCUT2D eigenvalue weighted by Crippen LogP contribution is -2.03. The Hall–Kier alpha value is -0.740. The minimum Gasteiger partial charge on any atom is -0.494 e. The maximum atomic E-state index is 10.5. The molecule has 106 valence electrons. The summed E-state index contributed by atoms with van der Waals surface area (Å²) < 4.78 is 6.15.